The number of nitro groups is 1. The molecule has 11 heteroatoms. The Labute approximate surface area is 191 Å². The largest absolute Gasteiger partial charge is 0.465 e. The van der Waals surface area contributed by atoms with E-state index in [4.69, 9.17) is 11.6 Å². The van der Waals surface area contributed by atoms with E-state index in [-0.39, 0.29) is 28.4 Å². The molecule has 164 valence electrons. The van der Waals surface area contributed by atoms with Crippen LogP contribution in [0, 0.1) is 10.1 Å². The molecule has 2 amide bonds. The number of hydrogen-bond donors (Lipinski definition) is 2. The minimum atomic E-state index is -0.523. The second kappa shape index (κ2) is 10.0. The molecule has 2 aromatic carbocycles. The number of esters is 1. The minimum Gasteiger partial charge on any atom is -0.465 e. The summed E-state index contributed by atoms with van der Waals surface area (Å²) in [5.74, 6) is -1.52. The van der Waals surface area contributed by atoms with Gasteiger partial charge in [-0.15, -0.1) is 11.3 Å². The van der Waals surface area contributed by atoms with Crippen molar-refractivity contribution in [3.8, 4) is 0 Å². The fourth-order valence-electron chi connectivity index (χ4n) is 2.73. The molecule has 1 aromatic heterocycles. The molecule has 0 radical (unpaired) electrons. The van der Waals surface area contributed by atoms with Gasteiger partial charge in [0, 0.05) is 24.2 Å². The molecule has 0 atom stereocenters. The SMILES string of the molecule is COC(=O)c1ccc(C(=O)Nc2sc(Cl)cc2C(=O)NCc2cccc([N+](=O)[O-])c2)cc1. The third-order valence-corrected chi connectivity index (χ3v) is 5.50. The smallest absolute Gasteiger partial charge is 0.337 e. The average molecular weight is 474 g/mol. The van der Waals surface area contributed by atoms with E-state index in [9.17, 15) is 24.5 Å². The first-order valence-corrected chi connectivity index (χ1v) is 10.3. The van der Waals surface area contributed by atoms with E-state index in [1.165, 1.54) is 55.6 Å². The fraction of sp³-hybridized carbons (Fsp3) is 0.0952. The molecule has 0 saturated heterocycles. The molecular formula is C21H16ClN3O6S. The molecule has 9 nitrogen and oxygen atoms in total. The average Bonchev–Trinajstić information content (AvgIpc) is 3.17. The summed E-state index contributed by atoms with van der Waals surface area (Å²) >= 11 is 7.06. The zero-order valence-electron chi connectivity index (χ0n) is 16.6. The van der Waals surface area contributed by atoms with Crippen molar-refractivity contribution >= 4 is 51.4 Å². The fourth-order valence-corrected chi connectivity index (χ4v) is 3.85. The van der Waals surface area contributed by atoms with Crippen LogP contribution in [0.5, 0.6) is 0 Å². The lowest BCUT2D eigenvalue weighted by atomic mass is 10.1. The normalized spacial score (nSPS) is 10.3. The van der Waals surface area contributed by atoms with Crippen LogP contribution in [0.2, 0.25) is 4.34 Å². The van der Waals surface area contributed by atoms with Crippen molar-refractivity contribution < 1.29 is 24.0 Å². The van der Waals surface area contributed by atoms with Crippen LogP contribution >= 0.6 is 22.9 Å². The Bertz CT molecular complexity index is 1190. The molecule has 3 aromatic rings. The van der Waals surface area contributed by atoms with Gasteiger partial charge < -0.3 is 15.4 Å². The Morgan fingerprint density at radius 2 is 1.75 bits per heavy atom. The van der Waals surface area contributed by atoms with Crippen molar-refractivity contribution in [3.63, 3.8) is 0 Å². The quantitative estimate of drug-likeness (QED) is 0.299. The Morgan fingerprint density at radius 3 is 2.41 bits per heavy atom. The molecule has 0 aliphatic heterocycles. The van der Waals surface area contributed by atoms with Crippen LogP contribution in [0.4, 0.5) is 10.7 Å². The topological polar surface area (TPSA) is 128 Å². The van der Waals surface area contributed by atoms with Crippen LogP contribution in [-0.4, -0.2) is 29.8 Å². The molecule has 0 saturated carbocycles. The number of thiophene rings is 1. The van der Waals surface area contributed by atoms with Crippen molar-refractivity contribution in [2.24, 2.45) is 0 Å². The van der Waals surface area contributed by atoms with Crippen LogP contribution in [0.1, 0.15) is 36.6 Å². The first-order valence-electron chi connectivity index (χ1n) is 9.09. The van der Waals surface area contributed by atoms with E-state index in [0.29, 0.717) is 15.5 Å². The predicted octanol–water partition coefficient (Wildman–Crippen LogP) is 4.28. The lowest BCUT2D eigenvalue weighted by Crippen LogP contribution is -2.24. The number of methoxy groups -OCH3 is 1. The summed E-state index contributed by atoms with van der Waals surface area (Å²) in [5, 5.41) is 16.4. The van der Waals surface area contributed by atoms with E-state index in [1.54, 1.807) is 6.07 Å². The highest BCUT2D eigenvalue weighted by molar-refractivity contribution is 7.20. The van der Waals surface area contributed by atoms with Gasteiger partial charge in [-0.1, -0.05) is 23.7 Å². The monoisotopic (exact) mass is 473 g/mol. The summed E-state index contributed by atoms with van der Waals surface area (Å²) in [4.78, 5) is 47.1. The summed E-state index contributed by atoms with van der Waals surface area (Å²) in [6.07, 6.45) is 0. The summed E-state index contributed by atoms with van der Waals surface area (Å²) in [6.45, 7) is 0.0519. The van der Waals surface area contributed by atoms with Gasteiger partial charge in [-0.25, -0.2) is 4.79 Å². The van der Waals surface area contributed by atoms with E-state index in [2.05, 4.69) is 15.4 Å². The number of nitrogens with one attached hydrogen (secondary N) is 2. The zero-order valence-corrected chi connectivity index (χ0v) is 18.2. The van der Waals surface area contributed by atoms with Gasteiger partial charge in [-0.3, -0.25) is 19.7 Å². The number of benzene rings is 2. The van der Waals surface area contributed by atoms with Crippen molar-refractivity contribution in [1.29, 1.82) is 0 Å². The molecular weight excluding hydrogens is 458 g/mol. The lowest BCUT2D eigenvalue weighted by molar-refractivity contribution is -0.384. The standard InChI is InChI=1S/C21H16ClN3O6S/c1-31-21(28)14-7-5-13(6-8-14)18(26)24-20-16(10-17(22)32-20)19(27)23-11-12-3-2-4-15(9-12)25(29)30/h2-10H,11H2,1H3,(H,23,27)(H,24,26). The number of carbonyl (C=O) groups is 3. The van der Waals surface area contributed by atoms with E-state index in [0.717, 1.165) is 11.3 Å². The number of halogens is 1. The van der Waals surface area contributed by atoms with Crippen LogP contribution < -0.4 is 10.6 Å². The number of carbonyl (C=O) groups excluding carboxylic acids is 3. The van der Waals surface area contributed by atoms with E-state index in [1.807, 2.05) is 0 Å². The number of anilines is 1. The molecule has 0 unspecified atom stereocenters. The van der Waals surface area contributed by atoms with Gasteiger partial charge in [-0.2, -0.15) is 0 Å². The highest BCUT2D eigenvalue weighted by Gasteiger charge is 2.19. The second-order valence-electron chi connectivity index (χ2n) is 6.43. The maximum absolute atomic E-state index is 12.6. The predicted molar refractivity (Wildman–Crippen MR) is 119 cm³/mol. The van der Waals surface area contributed by atoms with Crippen molar-refractivity contribution in [2.45, 2.75) is 6.54 Å². The number of amides is 2. The van der Waals surface area contributed by atoms with Gasteiger partial charge in [0.25, 0.3) is 17.5 Å². The maximum Gasteiger partial charge on any atom is 0.337 e. The molecule has 0 aliphatic rings. The third kappa shape index (κ3) is 5.48. The molecule has 3 rings (SSSR count). The molecule has 0 spiro atoms. The van der Waals surface area contributed by atoms with Gasteiger partial charge in [0.05, 0.1) is 27.5 Å². The number of nitrogens with zero attached hydrogens (tertiary/aromatic N) is 1. The minimum absolute atomic E-state index is 0.0519. The Hall–Kier alpha value is -3.76. The summed E-state index contributed by atoms with van der Waals surface area (Å²) < 4.78 is 4.91. The Kier molecular flexibility index (Phi) is 7.18. The number of hydrogen-bond acceptors (Lipinski definition) is 7. The third-order valence-electron chi connectivity index (χ3n) is 4.32. The van der Waals surface area contributed by atoms with E-state index >= 15 is 0 Å². The molecule has 0 fully saturated rings. The second-order valence-corrected chi connectivity index (χ2v) is 8.11. The van der Waals surface area contributed by atoms with Crippen LogP contribution in [0.25, 0.3) is 0 Å². The molecule has 0 aliphatic carbocycles. The van der Waals surface area contributed by atoms with Gasteiger partial charge in [0.1, 0.15) is 5.00 Å². The lowest BCUT2D eigenvalue weighted by Gasteiger charge is -2.08. The van der Waals surface area contributed by atoms with Gasteiger partial charge in [-0.05, 0) is 35.9 Å². The molecule has 32 heavy (non-hydrogen) atoms. The number of rotatable bonds is 7. The molecule has 0 bridgehead atoms. The Balaban J connectivity index is 1.70. The summed E-state index contributed by atoms with van der Waals surface area (Å²) in [5.41, 5.74) is 1.19. The summed E-state index contributed by atoms with van der Waals surface area (Å²) in [6, 6.07) is 13.1. The number of nitro benzene ring substituents is 1. The highest BCUT2D eigenvalue weighted by Crippen LogP contribution is 2.32. The van der Waals surface area contributed by atoms with Crippen LogP contribution in [0.3, 0.4) is 0 Å². The first-order chi connectivity index (χ1) is 15.3. The van der Waals surface area contributed by atoms with Crippen molar-refractivity contribution in [1.82, 2.24) is 5.32 Å². The van der Waals surface area contributed by atoms with Crippen molar-refractivity contribution in [2.75, 3.05) is 12.4 Å². The van der Waals surface area contributed by atoms with Crippen LogP contribution in [-0.2, 0) is 11.3 Å². The molecule has 2 N–H and O–H groups in total. The van der Waals surface area contributed by atoms with Gasteiger partial charge in [0.15, 0.2) is 0 Å². The maximum atomic E-state index is 12.6. The molecule has 1 heterocycles. The zero-order chi connectivity index (χ0) is 23.3. The van der Waals surface area contributed by atoms with Gasteiger partial charge >= 0.3 is 5.97 Å². The van der Waals surface area contributed by atoms with E-state index < -0.39 is 22.7 Å². The van der Waals surface area contributed by atoms with Gasteiger partial charge in [0.2, 0.25) is 0 Å². The highest BCUT2D eigenvalue weighted by atomic mass is 35.5. The number of non-ortho nitro benzene ring substituents is 1. The van der Waals surface area contributed by atoms with Crippen molar-refractivity contribution in [3.05, 3.63) is 91.3 Å². The summed E-state index contributed by atoms with van der Waals surface area (Å²) in [7, 11) is 1.26. The number of ether oxygens (including phenoxy) is 1. The van der Waals surface area contributed by atoms with Crippen LogP contribution in [0.15, 0.2) is 54.6 Å². The first kappa shape index (κ1) is 22.9. The Morgan fingerprint density at radius 1 is 1.06 bits per heavy atom.